The van der Waals surface area contributed by atoms with Gasteiger partial charge in [-0.05, 0) is 24.3 Å². The van der Waals surface area contributed by atoms with Crippen LogP contribution in [0.3, 0.4) is 0 Å². The second-order valence-electron chi connectivity index (χ2n) is 6.93. The highest BCUT2D eigenvalue weighted by Crippen LogP contribution is 2.32. The van der Waals surface area contributed by atoms with E-state index in [1.807, 2.05) is 30.3 Å². The number of carbonyl (C=O) groups is 3. The Kier molecular flexibility index (Phi) is 6.18. The second kappa shape index (κ2) is 9.05. The van der Waals surface area contributed by atoms with E-state index in [2.05, 4.69) is 4.98 Å². The van der Waals surface area contributed by atoms with Crippen LogP contribution in [0.1, 0.15) is 36.8 Å². The number of aromatic nitrogens is 2. The summed E-state index contributed by atoms with van der Waals surface area (Å²) in [5.74, 6) is -2.30. The van der Waals surface area contributed by atoms with Crippen molar-refractivity contribution in [2.75, 3.05) is 14.2 Å². The van der Waals surface area contributed by atoms with Crippen molar-refractivity contribution in [3.05, 3.63) is 93.4 Å². The van der Waals surface area contributed by atoms with Gasteiger partial charge >= 0.3 is 11.9 Å². The van der Waals surface area contributed by atoms with Gasteiger partial charge in [0.1, 0.15) is 23.1 Å². The quantitative estimate of drug-likeness (QED) is 0.290. The van der Waals surface area contributed by atoms with Crippen LogP contribution in [-0.4, -0.2) is 41.3 Å². The molecule has 0 atom stereocenters. The van der Waals surface area contributed by atoms with Gasteiger partial charge < -0.3 is 9.47 Å². The number of fused-ring (bicyclic) bond motifs is 1. The average molecular weight is 483 g/mol. The molecular weight excluding hydrogens is 467 g/mol. The van der Waals surface area contributed by atoms with Crippen molar-refractivity contribution in [3.63, 3.8) is 0 Å². The smallest absolute Gasteiger partial charge is 0.341 e. The monoisotopic (exact) mass is 482 g/mol. The van der Waals surface area contributed by atoms with E-state index in [9.17, 15) is 14.4 Å². The summed E-state index contributed by atoms with van der Waals surface area (Å²) in [7, 11) is 2.34. The lowest BCUT2D eigenvalue weighted by molar-refractivity contribution is 0.0556. The van der Waals surface area contributed by atoms with Gasteiger partial charge in [0.2, 0.25) is 5.78 Å². The summed E-state index contributed by atoms with van der Waals surface area (Å²) in [6.45, 7) is 0. The molecule has 4 aromatic rings. The van der Waals surface area contributed by atoms with Gasteiger partial charge in [-0.3, -0.25) is 9.20 Å². The van der Waals surface area contributed by atoms with E-state index in [1.165, 1.54) is 36.0 Å². The maximum absolute atomic E-state index is 13.6. The molecule has 7 nitrogen and oxygen atoms in total. The Morgan fingerprint density at radius 2 is 1.55 bits per heavy atom. The Morgan fingerprint density at radius 3 is 2.18 bits per heavy atom. The Morgan fingerprint density at radius 1 is 0.879 bits per heavy atom. The van der Waals surface area contributed by atoms with Crippen LogP contribution in [0.5, 0.6) is 0 Å². The highest BCUT2D eigenvalue weighted by Gasteiger charge is 2.34. The third-order valence-electron chi connectivity index (χ3n) is 5.07. The molecule has 0 saturated heterocycles. The fourth-order valence-electron chi connectivity index (χ4n) is 3.56. The number of ether oxygens (including phenoxy) is 2. The summed E-state index contributed by atoms with van der Waals surface area (Å²) in [5.41, 5.74) is 1.17. The molecule has 2 aromatic carbocycles. The first-order valence-electron chi connectivity index (χ1n) is 9.63. The molecule has 0 radical (unpaired) electrons. The van der Waals surface area contributed by atoms with Crippen molar-refractivity contribution >= 4 is 46.4 Å². The number of hydrogen-bond donors (Lipinski definition) is 0. The number of carbonyl (C=O) groups excluding carboxylic acids is 3. The van der Waals surface area contributed by atoms with Gasteiger partial charge in [-0.1, -0.05) is 53.5 Å². The van der Waals surface area contributed by atoms with Gasteiger partial charge in [0.05, 0.1) is 30.5 Å². The summed E-state index contributed by atoms with van der Waals surface area (Å²) >= 11 is 12.2. The molecule has 0 aliphatic carbocycles. The minimum atomic E-state index is -0.881. The molecule has 0 amide bonds. The summed E-state index contributed by atoms with van der Waals surface area (Å²) in [4.78, 5) is 43.6. The van der Waals surface area contributed by atoms with E-state index in [0.717, 1.165) is 12.7 Å². The second-order valence-corrected chi connectivity index (χ2v) is 7.77. The minimum Gasteiger partial charge on any atom is -0.465 e. The van der Waals surface area contributed by atoms with E-state index in [4.69, 9.17) is 32.7 Å². The van der Waals surface area contributed by atoms with Crippen LogP contribution in [0.4, 0.5) is 0 Å². The molecule has 0 saturated carbocycles. The lowest BCUT2D eigenvalue weighted by atomic mass is 10.0. The molecular formula is C24H16Cl2N2O5. The zero-order valence-corrected chi connectivity index (χ0v) is 19.0. The minimum absolute atomic E-state index is 0.0896. The SMILES string of the molecule is COC(=O)c1c(C(=O)OC)c2cc(-c3ccccc3)ncn2c1C(=O)c1ccc(Cl)cc1Cl. The van der Waals surface area contributed by atoms with Crippen molar-refractivity contribution in [2.45, 2.75) is 0 Å². The van der Waals surface area contributed by atoms with Gasteiger partial charge in [-0.2, -0.15) is 0 Å². The first-order chi connectivity index (χ1) is 15.9. The van der Waals surface area contributed by atoms with Crippen LogP contribution in [0, 0.1) is 0 Å². The van der Waals surface area contributed by atoms with Gasteiger partial charge in [-0.25, -0.2) is 14.6 Å². The zero-order valence-electron chi connectivity index (χ0n) is 17.5. The predicted octanol–water partition coefficient (Wildman–Crippen LogP) is 5.11. The Labute approximate surface area is 198 Å². The molecule has 33 heavy (non-hydrogen) atoms. The first kappa shape index (κ1) is 22.5. The van der Waals surface area contributed by atoms with Crippen molar-refractivity contribution in [3.8, 4) is 11.3 Å². The summed E-state index contributed by atoms with van der Waals surface area (Å²) in [6, 6.07) is 15.2. The molecule has 2 heterocycles. The average Bonchev–Trinajstić information content (AvgIpc) is 3.17. The summed E-state index contributed by atoms with van der Waals surface area (Å²) in [5, 5.41) is 0.431. The maximum Gasteiger partial charge on any atom is 0.341 e. The Hall–Kier alpha value is -3.68. The third kappa shape index (κ3) is 3.97. The van der Waals surface area contributed by atoms with E-state index >= 15 is 0 Å². The van der Waals surface area contributed by atoms with Crippen molar-refractivity contribution in [1.82, 2.24) is 9.38 Å². The van der Waals surface area contributed by atoms with Crippen LogP contribution >= 0.6 is 23.2 Å². The van der Waals surface area contributed by atoms with Gasteiger partial charge in [0.25, 0.3) is 0 Å². The first-order valence-corrected chi connectivity index (χ1v) is 10.4. The molecule has 166 valence electrons. The number of benzene rings is 2. The molecule has 0 spiro atoms. The highest BCUT2D eigenvalue weighted by atomic mass is 35.5. The predicted molar refractivity (Wildman–Crippen MR) is 123 cm³/mol. The van der Waals surface area contributed by atoms with Crippen LogP contribution < -0.4 is 0 Å². The Bertz CT molecular complexity index is 1410. The molecule has 0 unspecified atom stereocenters. The van der Waals surface area contributed by atoms with Crippen molar-refractivity contribution in [1.29, 1.82) is 0 Å². The molecule has 0 bridgehead atoms. The number of esters is 2. The van der Waals surface area contributed by atoms with Gasteiger partial charge in [0.15, 0.2) is 0 Å². The summed E-state index contributed by atoms with van der Waals surface area (Å²) < 4.78 is 11.2. The molecule has 0 aliphatic rings. The third-order valence-corrected chi connectivity index (χ3v) is 5.62. The number of methoxy groups -OCH3 is 2. The lowest BCUT2D eigenvalue weighted by Crippen LogP contribution is -2.15. The number of nitrogens with zero attached hydrogens (tertiary/aromatic N) is 2. The number of rotatable bonds is 5. The van der Waals surface area contributed by atoms with E-state index in [-0.39, 0.29) is 32.9 Å². The van der Waals surface area contributed by atoms with Crippen LogP contribution in [-0.2, 0) is 9.47 Å². The molecule has 0 N–H and O–H groups in total. The highest BCUT2D eigenvalue weighted by molar-refractivity contribution is 6.38. The largest absolute Gasteiger partial charge is 0.465 e. The molecule has 0 fully saturated rings. The topological polar surface area (TPSA) is 87.0 Å². The maximum atomic E-state index is 13.6. The Balaban J connectivity index is 2.07. The number of hydrogen-bond acceptors (Lipinski definition) is 6. The van der Waals surface area contributed by atoms with Crippen LogP contribution in [0.15, 0.2) is 60.9 Å². The standard InChI is InChI=1S/C24H16Cl2N2O5/c1-32-23(30)19-18-11-17(13-6-4-3-5-7-13)27-12-28(18)21(20(19)24(31)33-2)22(29)15-9-8-14(25)10-16(15)26/h3-12H,1-2H3. The van der Waals surface area contributed by atoms with E-state index in [1.54, 1.807) is 6.07 Å². The van der Waals surface area contributed by atoms with E-state index < -0.39 is 17.7 Å². The van der Waals surface area contributed by atoms with Gasteiger partial charge in [-0.15, -0.1) is 0 Å². The number of halogens is 2. The molecule has 2 aromatic heterocycles. The van der Waals surface area contributed by atoms with E-state index in [0.29, 0.717) is 10.7 Å². The fourth-order valence-corrected chi connectivity index (χ4v) is 4.05. The van der Waals surface area contributed by atoms with Crippen molar-refractivity contribution in [2.24, 2.45) is 0 Å². The fraction of sp³-hybridized carbons (Fsp3) is 0.0833. The summed E-state index contributed by atoms with van der Waals surface area (Å²) in [6.07, 6.45) is 1.37. The zero-order chi connectivity index (χ0) is 23.7. The molecule has 4 rings (SSSR count). The molecule has 9 heteroatoms. The number of ketones is 1. The molecule has 0 aliphatic heterocycles. The van der Waals surface area contributed by atoms with Crippen LogP contribution in [0.25, 0.3) is 16.8 Å². The van der Waals surface area contributed by atoms with Crippen molar-refractivity contribution < 1.29 is 23.9 Å². The van der Waals surface area contributed by atoms with Crippen LogP contribution in [0.2, 0.25) is 10.0 Å². The van der Waals surface area contributed by atoms with Gasteiger partial charge in [0, 0.05) is 16.1 Å². The lowest BCUT2D eigenvalue weighted by Gasteiger charge is -2.08. The normalized spacial score (nSPS) is 10.8.